The molecule has 4 heteroatoms. The molecule has 3 fully saturated rings. The van der Waals surface area contributed by atoms with Crippen LogP contribution in [0.2, 0.25) is 0 Å². The number of hydrogen-bond acceptors (Lipinski definition) is 3. The van der Waals surface area contributed by atoms with Gasteiger partial charge in [-0.05, 0) is 31.6 Å². The zero-order chi connectivity index (χ0) is 12.5. The standard InChI is InChI=1S/C14H22N2O2/c17-13-5-7-15(8-6-13)14(18)10-16(12-3-4-12)9-11-1-2-11/h11-12H,1-10H2. The van der Waals surface area contributed by atoms with Crippen LogP contribution in [0, 0.1) is 5.92 Å². The number of carbonyl (C=O) groups excluding carboxylic acids is 2. The van der Waals surface area contributed by atoms with Crippen molar-refractivity contribution in [3.63, 3.8) is 0 Å². The van der Waals surface area contributed by atoms with Crippen molar-refractivity contribution in [2.24, 2.45) is 5.92 Å². The summed E-state index contributed by atoms with van der Waals surface area (Å²) in [6.07, 6.45) is 6.32. The number of ketones is 1. The maximum absolute atomic E-state index is 12.2. The second-order valence-corrected chi connectivity index (χ2v) is 6.02. The first kappa shape index (κ1) is 12.2. The van der Waals surface area contributed by atoms with Gasteiger partial charge in [-0.15, -0.1) is 0 Å². The summed E-state index contributed by atoms with van der Waals surface area (Å²) in [6, 6.07) is 0.668. The molecule has 0 aromatic carbocycles. The molecular weight excluding hydrogens is 228 g/mol. The zero-order valence-corrected chi connectivity index (χ0v) is 10.9. The fourth-order valence-corrected chi connectivity index (χ4v) is 2.69. The van der Waals surface area contributed by atoms with Crippen LogP contribution in [0.1, 0.15) is 38.5 Å². The van der Waals surface area contributed by atoms with Crippen molar-refractivity contribution in [2.45, 2.75) is 44.6 Å². The summed E-state index contributed by atoms with van der Waals surface area (Å²) >= 11 is 0. The molecular formula is C14H22N2O2. The summed E-state index contributed by atoms with van der Waals surface area (Å²) in [4.78, 5) is 27.7. The third kappa shape index (κ3) is 3.10. The second kappa shape index (κ2) is 5.00. The normalized spacial score (nSPS) is 24.7. The van der Waals surface area contributed by atoms with E-state index in [1.54, 1.807) is 0 Å². The molecule has 0 N–H and O–H groups in total. The summed E-state index contributed by atoms with van der Waals surface area (Å²) < 4.78 is 0. The third-order valence-electron chi connectivity index (χ3n) is 4.27. The molecule has 0 radical (unpaired) electrons. The molecule has 100 valence electrons. The number of nitrogens with zero attached hydrogens (tertiary/aromatic N) is 2. The van der Waals surface area contributed by atoms with Gasteiger partial charge in [-0.2, -0.15) is 0 Å². The Morgan fingerprint density at radius 1 is 1.17 bits per heavy atom. The monoisotopic (exact) mass is 250 g/mol. The molecule has 3 aliphatic rings. The fourth-order valence-electron chi connectivity index (χ4n) is 2.69. The van der Waals surface area contributed by atoms with E-state index in [2.05, 4.69) is 4.90 Å². The molecule has 0 atom stereocenters. The van der Waals surface area contributed by atoms with Gasteiger partial charge in [0.05, 0.1) is 6.54 Å². The first-order valence-electron chi connectivity index (χ1n) is 7.26. The van der Waals surface area contributed by atoms with Gasteiger partial charge in [-0.25, -0.2) is 0 Å². The number of carbonyl (C=O) groups is 2. The van der Waals surface area contributed by atoms with Gasteiger partial charge < -0.3 is 4.90 Å². The van der Waals surface area contributed by atoms with E-state index in [0.717, 1.165) is 12.5 Å². The average molecular weight is 250 g/mol. The van der Waals surface area contributed by atoms with Crippen molar-refractivity contribution in [1.29, 1.82) is 0 Å². The minimum absolute atomic E-state index is 0.232. The van der Waals surface area contributed by atoms with Gasteiger partial charge in [0.25, 0.3) is 0 Å². The number of piperidine rings is 1. The van der Waals surface area contributed by atoms with E-state index < -0.39 is 0 Å². The summed E-state index contributed by atoms with van der Waals surface area (Å²) in [5, 5.41) is 0. The van der Waals surface area contributed by atoms with Crippen LogP contribution in [0.4, 0.5) is 0 Å². The van der Waals surface area contributed by atoms with Crippen LogP contribution < -0.4 is 0 Å². The lowest BCUT2D eigenvalue weighted by Crippen LogP contribution is -2.45. The molecule has 0 spiro atoms. The van der Waals surface area contributed by atoms with E-state index in [4.69, 9.17) is 0 Å². The second-order valence-electron chi connectivity index (χ2n) is 6.02. The Bertz CT molecular complexity index is 338. The predicted molar refractivity (Wildman–Crippen MR) is 68.1 cm³/mol. The van der Waals surface area contributed by atoms with E-state index in [1.807, 2.05) is 4.90 Å². The lowest BCUT2D eigenvalue weighted by atomic mass is 10.1. The molecule has 0 unspecified atom stereocenters. The Balaban J connectivity index is 1.49. The highest BCUT2D eigenvalue weighted by molar-refractivity contribution is 5.84. The molecule has 0 aromatic heterocycles. The lowest BCUT2D eigenvalue weighted by Gasteiger charge is -2.29. The van der Waals surface area contributed by atoms with Crippen molar-refractivity contribution in [3.8, 4) is 0 Å². The van der Waals surface area contributed by atoms with E-state index >= 15 is 0 Å². The minimum Gasteiger partial charge on any atom is -0.341 e. The number of hydrogen-bond donors (Lipinski definition) is 0. The van der Waals surface area contributed by atoms with E-state index in [-0.39, 0.29) is 5.91 Å². The van der Waals surface area contributed by atoms with Crippen molar-refractivity contribution in [1.82, 2.24) is 9.80 Å². The zero-order valence-electron chi connectivity index (χ0n) is 10.9. The largest absolute Gasteiger partial charge is 0.341 e. The SMILES string of the molecule is O=C1CCN(C(=O)CN(CC2CC2)C2CC2)CC1. The Morgan fingerprint density at radius 3 is 2.39 bits per heavy atom. The Labute approximate surface area is 108 Å². The molecule has 2 aliphatic carbocycles. The summed E-state index contributed by atoms with van der Waals surface area (Å²) in [5.74, 6) is 1.38. The van der Waals surface area contributed by atoms with Crippen molar-refractivity contribution in [3.05, 3.63) is 0 Å². The van der Waals surface area contributed by atoms with Gasteiger partial charge in [0.2, 0.25) is 5.91 Å². The average Bonchev–Trinajstić information content (AvgIpc) is 3.23. The first-order valence-corrected chi connectivity index (χ1v) is 7.26. The van der Waals surface area contributed by atoms with Gasteiger partial charge in [0.15, 0.2) is 0 Å². The molecule has 1 amide bonds. The number of amides is 1. The molecule has 1 saturated heterocycles. The summed E-state index contributed by atoms with van der Waals surface area (Å²) in [6.45, 7) is 2.97. The fraction of sp³-hybridized carbons (Fsp3) is 0.857. The molecule has 4 nitrogen and oxygen atoms in total. The third-order valence-corrected chi connectivity index (χ3v) is 4.27. The predicted octanol–water partition coefficient (Wildman–Crippen LogP) is 1.05. The van der Waals surface area contributed by atoms with Crippen molar-refractivity contribution in [2.75, 3.05) is 26.2 Å². The molecule has 3 rings (SSSR count). The van der Waals surface area contributed by atoms with Gasteiger partial charge in [0.1, 0.15) is 5.78 Å². The number of likely N-dealkylation sites (tertiary alicyclic amines) is 1. The number of Topliss-reactive ketones (excluding diaryl/α,β-unsaturated/α-hetero) is 1. The van der Waals surface area contributed by atoms with Gasteiger partial charge in [-0.3, -0.25) is 14.5 Å². The van der Waals surface area contributed by atoms with Crippen LogP contribution in [-0.4, -0.2) is 53.7 Å². The van der Waals surface area contributed by atoms with E-state index in [9.17, 15) is 9.59 Å². The Morgan fingerprint density at radius 2 is 1.83 bits per heavy atom. The van der Waals surface area contributed by atoms with E-state index in [1.165, 1.54) is 25.7 Å². The van der Waals surface area contributed by atoms with Crippen LogP contribution >= 0.6 is 0 Å². The van der Waals surface area contributed by atoms with Crippen molar-refractivity contribution >= 4 is 11.7 Å². The van der Waals surface area contributed by atoms with Gasteiger partial charge in [0, 0.05) is 38.5 Å². The first-order chi connectivity index (χ1) is 8.72. The van der Waals surface area contributed by atoms with Gasteiger partial charge in [-0.1, -0.05) is 0 Å². The molecule has 2 saturated carbocycles. The highest BCUT2D eigenvalue weighted by Gasteiger charge is 2.35. The molecule has 1 heterocycles. The van der Waals surface area contributed by atoms with Crippen LogP contribution in [0.3, 0.4) is 0 Å². The maximum Gasteiger partial charge on any atom is 0.236 e. The van der Waals surface area contributed by atoms with Crippen molar-refractivity contribution < 1.29 is 9.59 Å². The molecule has 0 aromatic rings. The molecule has 18 heavy (non-hydrogen) atoms. The molecule has 1 aliphatic heterocycles. The highest BCUT2D eigenvalue weighted by atomic mass is 16.2. The van der Waals surface area contributed by atoms with E-state index in [0.29, 0.717) is 44.3 Å². The van der Waals surface area contributed by atoms with Crippen LogP contribution in [0.5, 0.6) is 0 Å². The number of rotatable bonds is 5. The Hall–Kier alpha value is -0.900. The van der Waals surface area contributed by atoms with Crippen LogP contribution in [0.15, 0.2) is 0 Å². The minimum atomic E-state index is 0.232. The molecule has 0 bridgehead atoms. The summed E-state index contributed by atoms with van der Waals surface area (Å²) in [5.41, 5.74) is 0. The smallest absolute Gasteiger partial charge is 0.236 e. The quantitative estimate of drug-likeness (QED) is 0.732. The van der Waals surface area contributed by atoms with Gasteiger partial charge >= 0.3 is 0 Å². The Kier molecular flexibility index (Phi) is 3.37. The topological polar surface area (TPSA) is 40.6 Å². The highest BCUT2D eigenvalue weighted by Crippen LogP contribution is 2.34. The lowest BCUT2D eigenvalue weighted by molar-refractivity contribution is -0.135. The van der Waals surface area contributed by atoms with Crippen LogP contribution in [0.25, 0.3) is 0 Å². The summed E-state index contributed by atoms with van der Waals surface area (Å²) in [7, 11) is 0. The van der Waals surface area contributed by atoms with Crippen LogP contribution in [-0.2, 0) is 9.59 Å². The maximum atomic E-state index is 12.2.